The highest BCUT2D eigenvalue weighted by Crippen LogP contribution is 2.48. The standard InChI is InChI=1S/C21H22ClNO4S/c1-11(2)15-9-16(12(3)7-17(15)24)23-20(27)18(10-19(25)26)28-21(23)13-5-4-6-14(22)8-13/h4-9,11,18,21,24H,10H2,1-3H3,(H,25,26). The molecule has 2 N–H and O–H groups in total. The van der Waals surface area contributed by atoms with E-state index in [0.717, 1.165) is 16.7 Å². The highest BCUT2D eigenvalue weighted by atomic mass is 35.5. The second-order valence-corrected chi connectivity index (χ2v) is 8.91. The van der Waals surface area contributed by atoms with E-state index in [1.165, 1.54) is 11.8 Å². The van der Waals surface area contributed by atoms with Crippen LogP contribution in [0.5, 0.6) is 5.75 Å². The zero-order chi connectivity index (χ0) is 20.6. The predicted octanol–water partition coefficient (Wildman–Crippen LogP) is 5.10. The fraction of sp³-hybridized carbons (Fsp3) is 0.333. The third-order valence-corrected chi connectivity index (χ3v) is 6.43. The SMILES string of the molecule is Cc1cc(O)c(C(C)C)cc1N1C(=O)C(CC(=O)O)SC1c1cccc(Cl)c1. The van der Waals surface area contributed by atoms with E-state index in [9.17, 15) is 19.8 Å². The Bertz CT molecular complexity index is 931. The Kier molecular flexibility index (Phi) is 5.91. The second kappa shape index (κ2) is 8.05. The molecular weight excluding hydrogens is 398 g/mol. The maximum absolute atomic E-state index is 13.2. The maximum Gasteiger partial charge on any atom is 0.305 e. The van der Waals surface area contributed by atoms with Crippen LogP contribution in [0.2, 0.25) is 5.02 Å². The summed E-state index contributed by atoms with van der Waals surface area (Å²) in [5, 5.41) is 19.0. The number of phenolic OH excluding ortho intramolecular Hbond substituents is 1. The Balaban J connectivity index is 2.12. The van der Waals surface area contributed by atoms with Crippen molar-refractivity contribution in [3.05, 3.63) is 58.1 Å². The zero-order valence-electron chi connectivity index (χ0n) is 15.8. The average molecular weight is 420 g/mol. The van der Waals surface area contributed by atoms with Crippen LogP contribution in [0.25, 0.3) is 0 Å². The van der Waals surface area contributed by atoms with Gasteiger partial charge in [0.05, 0.1) is 11.7 Å². The van der Waals surface area contributed by atoms with Gasteiger partial charge in [0.25, 0.3) is 0 Å². The number of nitrogens with zero attached hydrogens (tertiary/aromatic N) is 1. The third kappa shape index (κ3) is 3.98. The quantitative estimate of drug-likeness (QED) is 0.704. The van der Waals surface area contributed by atoms with E-state index in [2.05, 4.69) is 0 Å². The molecule has 3 rings (SSSR count). The molecule has 0 spiro atoms. The molecule has 148 valence electrons. The number of anilines is 1. The highest BCUT2D eigenvalue weighted by molar-refractivity contribution is 8.01. The molecule has 1 heterocycles. The van der Waals surface area contributed by atoms with E-state index < -0.39 is 11.2 Å². The van der Waals surface area contributed by atoms with Gasteiger partial charge in [-0.05, 0) is 53.8 Å². The van der Waals surface area contributed by atoms with Crippen LogP contribution in [-0.2, 0) is 9.59 Å². The first-order valence-electron chi connectivity index (χ1n) is 8.98. The number of halogens is 1. The molecular formula is C21H22ClNO4S. The summed E-state index contributed by atoms with van der Waals surface area (Å²) in [6, 6.07) is 10.7. The molecule has 2 unspecified atom stereocenters. The maximum atomic E-state index is 13.2. The van der Waals surface area contributed by atoms with Crippen molar-refractivity contribution in [3.63, 3.8) is 0 Å². The van der Waals surface area contributed by atoms with Crippen molar-refractivity contribution >= 4 is 40.9 Å². The molecule has 1 amide bonds. The van der Waals surface area contributed by atoms with Crippen molar-refractivity contribution in [1.82, 2.24) is 0 Å². The van der Waals surface area contributed by atoms with Gasteiger partial charge in [0.1, 0.15) is 11.1 Å². The Morgan fingerprint density at radius 2 is 2.00 bits per heavy atom. The molecule has 2 atom stereocenters. The van der Waals surface area contributed by atoms with E-state index in [0.29, 0.717) is 10.7 Å². The molecule has 1 fully saturated rings. The van der Waals surface area contributed by atoms with Crippen LogP contribution in [0.15, 0.2) is 36.4 Å². The number of aliphatic carboxylic acids is 1. The summed E-state index contributed by atoms with van der Waals surface area (Å²) >= 11 is 7.47. The number of carbonyl (C=O) groups is 2. The van der Waals surface area contributed by atoms with Crippen LogP contribution in [0, 0.1) is 6.92 Å². The minimum atomic E-state index is -1.01. The number of carboxylic acids is 1. The number of phenols is 1. The van der Waals surface area contributed by atoms with Crippen LogP contribution in [-0.4, -0.2) is 27.3 Å². The van der Waals surface area contributed by atoms with Gasteiger partial charge in [-0.2, -0.15) is 0 Å². The van der Waals surface area contributed by atoms with Crippen LogP contribution >= 0.6 is 23.4 Å². The lowest BCUT2D eigenvalue weighted by atomic mass is 9.98. The lowest BCUT2D eigenvalue weighted by Gasteiger charge is -2.27. The molecule has 2 aromatic rings. The summed E-state index contributed by atoms with van der Waals surface area (Å²) in [4.78, 5) is 26.1. The third-order valence-electron chi connectivity index (χ3n) is 4.76. The van der Waals surface area contributed by atoms with Crippen molar-refractivity contribution < 1.29 is 19.8 Å². The summed E-state index contributed by atoms with van der Waals surface area (Å²) in [7, 11) is 0. The lowest BCUT2D eigenvalue weighted by molar-refractivity contribution is -0.138. The molecule has 2 aromatic carbocycles. The van der Waals surface area contributed by atoms with Crippen LogP contribution < -0.4 is 4.90 Å². The molecule has 1 aliphatic rings. The number of carboxylic acid groups (broad SMARTS) is 1. The molecule has 1 saturated heterocycles. The molecule has 7 heteroatoms. The van der Waals surface area contributed by atoms with Gasteiger partial charge in [-0.1, -0.05) is 37.6 Å². The molecule has 0 radical (unpaired) electrons. The smallest absolute Gasteiger partial charge is 0.305 e. The van der Waals surface area contributed by atoms with Gasteiger partial charge >= 0.3 is 5.97 Å². The van der Waals surface area contributed by atoms with Crippen molar-refractivity contribution in [2.24, 2.45) is 0 Å². The van der Waals surface area contributed by atoms with Crippen molar-refractivity contribution in [2.45, 2.75) is 43.7 Å². The number of aromatic hydroxyl groups is 1. The van der Waals surface area contributed by atoms with Crippen molar-refractivity contribution in [2.75, 3.05) is 4.90 Å². The second-order valence-electron chi connectivity index (χ2n) is 7.19. The summed E-state index contributed by atoms with van der Waals surface area (Å²) in [5.74, 6) is -0.996. The first kappa shape index (κ1) is 20.6. The normalized spacial score (nSPS) is 19.5. The van der Waals surface area contributed by atoms with Crippen LogP contribution in [0.1, 0.15) is 48.3 Å². The molecule has 5 nitrogen and oxygen atoms in total. The summed E-state index contributed by atoms with van der Waals surface area (Å²) in [6.45, 7) is 5.77. The Labute approximate surface area is 173 Å². The Morgan fingerprint density at radius 1 is 1.29 bits per heavy atom. The van der Waals surface area contributed by atoms with Crippen molar-refractivity contribution in [1.29, 1.82) is 0 Å². The first-order chi connectivity index (χ1) is 13.2. The van der Waals surface area contributed by atoms with Gasteiger partial charge < -0.3 is 10.2 Å². The fourth-order valence-electron chi connectivity index (χ4n) is 3.39. The molecule has 0 aromatic heterocycles. The summed E-state index contributed by atoms with van der Waals surface area (Å²) in [6.07, 6.45) is -0.245. The predicted molar refractivity (Wildman–Crippen MR) is 112 cm³/mol. The van der Waals surface area contributed by atoms with Gasteiger partial charge in [0.15, 0.2) is 0 Å². The van der Waals surface area contributed by atoms with E-state index in [1.54, 1.807) is 23.1 Å². The van der Waals surface area contributed by atoms with Gasteiger partial charge in [-0.15, -0.1) is 11.8 Å². The number of carbonyl (C=O) groups excluding carboxylic acids is 1. The summed E-state index contributed by atoms with van der Waals surface area (Å²) in [5.41, 5.74) is 3.00. The van der Waals surface area contributed by atoms with Gasteiger partial charge in [-0.3, -0.25) is 14.5 Å². The molecule has 0 bridgehead atoms. The number of hydrogen-bond donors (Lipinski definition) is 2. The van der Waals surface area contributed by atoms with Crippen molar-refractivity contribution in [3.8, 4) is 5.75 Å². The number of rotatable bonds is 5. The number of thioether (sulfide) groups is 1. The van der Waals surface area contributed by atoms with E-state index in [1.807, 2.05) is 39.0 Å². The van der Waals surface area contributed by atoms with Crippen LogP contribution in [0.4, 0.5) is 5.69 Å². The molecule has 0 saturated carbocycles. The van der Waals surface area contributed by atoms with Gasteiger partial charge in [0.2, 0.25) is 5.91 Å². The van der Waals surface area contributed by atoms with Gasteiger partial charge in [0, 0.05) is 10.7 Å². The van der Waals surface area contributed by atoms with E-state index >= 15 is 0 Å². The Hall–Kier alpha value is -2.18. The largest absolute Gasteiger partial charge is 0.508 e. The lowest BCUT2D eigenvalue weighted by Crippen LogP contribution is -2.32. The number of aryl methyl sites for hydroxylation is 1. The number of hydrogen-bond acceptors (Lipinski definition) is 4. The molecule has 28 heavy (non-hydrogen) atoms. The molecule has 0 aliphatic carbocycles. The highest BCUT2D eigenvalue weighted by Gasteiger charge is 2.43. The number of amides is 1. The number of benzene rings is 2. The Morgan fingerprint density at radius 3 is 2.61 bits per heavy atom. The van der Waals surface area contributed by atoms with E-state index in [4.69, 9.17) is 11.6 Å². The minimum absolute atomic E-state index is 0.0733. The first-order valence-corrected chi connectivity index (χ1v) is 10.3. The summed E-state index contributed by atoms with van der Waals surface area (Å²) < 4.78 is 0. The van der Waals surface area contributed by atoms with Crippen LogP contribution in [0.3, 0.4) is 0 Å². The fourth-order valence-corrected chi connectivity index (χ4v) is 5.01. The monoisotopic (exact) mass is 419 g/mol. The zero-order valence-corrected chi connectivity index (χ0v) is 17.4. The van der Waals surface area contributed by atoms with Gasteiger partial charge in [-0.25, -0.2) is 0 Å². The average Bonchev–Trinajstić information content (AvgIpc) is 2.91. The minimum Gasteiger partial charge on any atom is -0.508 e. The van der Waals surface area contributed by atoms with E-state index in [-0.39, 0.29) is 29.4 Å². The topological polar surface area (TPSA) is 77.8 Å². The molecule has 1 aliphatic heterocycles.